The van der Waals surface area contributed by atoms with Gasteiger partial charge in [-0.05, 0) is 68.0 Å². The highest BCUT2D eigenvalue weighted by Crippen LogP contribution is 2.25. The van der Waals surface area contributed by atoms with Gasteiger partial charge in [0.2, 0.25) is 10.0 Å². The van der Waals surface area contributed by atoms with Crippen molar-refractivity contribution in [3.8, 4) is 5.75 Å². The number of sulfonamides is 1. The molecule has 0 radical (unpaired) electrons. The zero-order valence-corrected chi connectivity index (χ0v) is 15.2. The monoisotopic (exact) mass is 348 g/mol. The van der Waals surface area contributed by atoms with Crippen LogP contribution in [0.3, 0.4) is 0 Å². The largest absolute Gasteiger partial charge is 0.497 e. The molecule has 2 rings (SSSR count). The summed E-state index contributed by atoms with van der Waals surface area (Å²) in [4.78, 5) is 4.42. The number of ether oxygens (including phenoxy) is 1. The molecular formula is C18H24N2O3S. The van der Waals surface area contributed by atoms with E-state index in [0.29, 0.717) is 28.3 Å². The summed E-state index contributed by atoms with van der Waals surface area (Å²) in [5.41, 5.74) is 2.55. The average Bonchev–Trinajstić information content (AvgIpc) is 2.54. The number of hydrogen-bond acceptors (Lipinski definition) is 4. The van der Waals surface area contributed by atoms with Crippen molar-refractivity contribution in [3.05, 3.63) is 53.3 Å². The van der Waals surface area contributed by atoms with Crippen LogP contribution in [0, 0.1) is 13.8 Å². The van der Waals surface area contributed by atoms with Crippen LogP contribution in [0.2, 0.25) is 0 Å². The highest BCUT2D eigenvalue weighted by atomic mass is 32.2. The van der Waals surface area contributed by atoms with Crippen LogP contribution in [0.5, 0.6) is 5.75 Å². The molecule has 0 aliphatic rings. The smallest absolute Gasteiger partial charge is 0.241 e. The van der Waals surface area contributed by atoms with Gasteiger partial charge in [0.05, 0.1) is 12.0 Å². The number of hydrogen-bond donors (Lipinski definition) is 1. The number of methoxy groups -OCH3 is 1. The number of unbranched alkanes of at least 4 members (excludes halogenated alkanes) is 1. The molecule has 24 heavy (non-hydrogen) atoms. The van der Waals surface area contributed by atoms with Gasteiger partial charge in [-0.1, -0.05) is 6.07 Å². The van der Waals surface area contributed by atoms with Crippen molar-refractivity contribution in [2.75, 3.05) is 13.7 Å². The Kier molecular flexibility index (Phi) is 6.34. The summed E-state index contributed by atoms with van der Waals surface area (Å²) in [7, 11) is -1.94. The maximum Gasteiger partial charge on any atom is 0.241 e. The highest BCUT2D eigenvalue weighted by molar-refractivity contribution is 7.89. The lowest BCUT2D eigenvalue weighted by atomic mass is 10.1. The quantitative estimate of drug-likeness (QED) is 0.745. The molecule has 1 aromatic heterocycles. The van der Waals surface area contributed by atoms with Crippen LogP contribution in [0.4, 0.5) is 0 Å². The van der Waals surface area contributed by atoms with Crippen LogP contribution in [0.25, 0.3) is 0 Å². The molecule has 1 aromatic carbocycles. The van der Waals surface area contributed by atoms with Gasteiger partial charge in [-0.3, -0.25) is 4.98 Å². The van der Waals surface area contributed by atoms with Gasteiger partial charge >= 0.3 is 0 Å². The fraction of sp³-hybridized carbons (Fsp3) is 0.389. The van der Waals surface area contributed by atoms with Crippen LogP contribution in [-0.2, 0) is 16.4 Å². The third-order valence-corrected chi connectivity index (χ3v) is 5.61. The molecule has 0 fully saturated rings. The average molecular weight is 348 g/mol. The molecule has 0 amide bonds. The minimum absolute atomic E-state index is 0.343. The first kappa shape index (κ1) is 18.4. The Hall–Kier alpha value is -1.92. The second-order valence-electron chi connectivity index (χ2n) is 5.81. The third kappa shape index (κ3) is 4.79. The summed E-state index contributed by atoms with van der Waals surface area (Å²) in [6.45, 7) is 3.99. The maximum absolute atomic E-state index is 12.5. The maximum atomic E-state index is 12.5. The van der Waals surface area contributed by atoms with E-state index in [0.717, 1.165) is 19.3 Å². The Labute approximate surface area is 144 Å². The van der Waals surface area contributed by atoms with Crippen molar-refractivity contribution in [1.82, 2.24) is 9.71 Å². The lowest BCUT2D eigenvalue weighted by Gasteiger charge is -2.13. The molecule has 6 heteroatoms. The Morgan fingerprint density at radius 2 is 1.88 bits per heavy atom. The van der Waals surface area contributed by atoms with E-state index in [9.17, 15) is 8.42 Å². The molecule has 1 N–H and O–H groups in total. The van der Waals surface area contributed by atoms with E-state index in [1.807, 2.05) is 18.3 Å². The summed E-state index contributed by atoms with van der Waals surface area (Å²) in [5, 5.41) is 0. The molecule has 0 aliphatic heterocycles. The van der Waals surface area contributed by atoms with Gasteiger partial charge in [0, 0.05) is 18.9 Å². The van der Waals surface area contributed by atoms with Gasteiger partial charge in [-0.15, -0.1) is 0 Å². The SMILES string of the molecule is COc1cc(C)c(S(=O)(=O)NCCCCc2cccnc2)c(C)c1. The van der Waals surface area contributed by atoms with Crippen molar-refractivity contribution in [1.29, 1.82) is 0 Å². The van der Waals surface area contributed by atoms with E-state index in [4.69, 9.17) is 4.74 Å². The van der Waals surface area contributed by atoms with Gasteiger partial charge in [-0.2, -0.15) is 0 Å². The Bertz CT molecular complexity index is 751. The molecule has 0 unspecified atom stereocenters. The van der Waals surface area contributed by atoms with Crippen molar-refractivity contribution < 1.29 is 13.2 Å². The Morgan fingerprint density at radius 1 is 1.17 bits per heavy atom. The summed E-state index contributed by atoms with van der Waals surface area (Å²) in [6.07, 6.45) is 6.18. The molecule has 1 heterocycles. The van der Waals surface area contributed by atoms with Crippen molar-refractivity contribution in [3.63, 3.8) is 0 Å². The fourth-order valence-corrected chi connectivity index (χ4v) is 4.25. The standard InChI is InChI=1S/C18H24N2O3S/c1-14-11-17(23-3)12-15(2)18(14)24(21,22)20-10-5-4-7-16-8-6-9-19-13-16/h6,8-9,11-13,20H,4-5,7,10H2,1-3H3. The van der Waals surface area contributed by atoms with E-state index in [-0.39, 0.29) is 0 Å². The molecule has 0 saturated heterocycles. The normalized spacial score (nSPS) is 11.5. The number of aryl methyl sites for hydroxylation is 3. The minimum Gasteiger partial charge on any atom is -0.497 e. The molecule has 0 aliphatic carbocycles. The van der Waals surface area contributed by atoms with Gasteiger partial charge < -0.3 is 4.74 Å². The molecule has 0 atom stereocenters. The Morgan fingerprint density at radius 3 is 2.46 bits per heavy atom. The summed E-state index contributed by atoms with van der Waals surface area (Å²) in [6, 6.07) is 7.42. The van der Waals surface area contributed by atoms with E-state index >= 15 is 0 Å². The van der Waals surface area contributed by atoms with Crippen LogP contribution < -0.4 is 9.46 Å². The first-order chi connectivity index (χ1) is 11.4. The second-order valence-corrected chi connectivity index (χ2v) is 7.51. The highest BCUT2D eigenvalue weighted by Gasteiger charge is 2.19. The van der Waals surface area contributed by atoms with Crippen LogP contribution in [0.15, 0.2) is 41.6 Å². The number of rotatable bonds is 8. The van der Waals surface area contributed by atoms with Crippen LogP contribution >= 0.6 is 0 Å². The summed E-state index contributed by atoms with van der Waals surface area (Å²) in [5.74, 6) is 0.667. The predicted octanol–water partition coefficient (Wildman–Crippen LogP) is 3.01. The van der Waals surface area contributed by atoms with Crippen LogP contribution in [0.1, 0.15) is 29.5 Å². The van der Waals surface area contributed by atoms with E-state index < -0.39 is 10.0 Å². The molecule has 2 aromatic rings. The number of nitrogens with zero attached hydrogens (tertiary/aromatic N) is 1. The Balaban J connectivity index is 1.92. The summed E-state index contributed by atoms with van der Waals surface area (Å²) >= 11 is 0. The van der Waals surface area contributed by atoms with Crippen molar-refractivity contribution >= 4 is 10.0 Å². The lowest BCUT2D eigenvalue weighted by Crippen LogP contribution is -2.26. The molecule has 0 saturated carbocycles. The zero-order chi connectivity index (χ0) is 17.6. The molecule has 0 spiro atoms. The molecule has 0 bridgehead atoms. The number of benzene rings is 1. The van der Waals surface area contributed by atoms with E-state index in [2.05, 4.69) is 9.71 Å². The first-order valence-corrected chi connectivity index (χ1v) is 9.46. The molecule has 130 valence electrons. The molecule has 5 nitrogen and oxygen atoms in total. The van der Waals surface area contributed by atoms with Gasteiger partial charge in [0.1, 0.15) is 5.75 Å². The molecular weight excluding hydrogens is 324 g/mol. The number of pyridine rings is 1. The summed E-state index contributed by atoms with van der Waals surface area (Å²) < 4.78 is 33.0. The van der Waals surface area contributed by atoms with Gasteiger partial charge in [-0.25, -0.2) is 13.1 Å². The number of aromatic nitrogens is 1. The first-order valence-electron chi connectivity index (χ1n) is 7.98. The van der Waals surface area contributed by atoms with E-state index in [1.165, 1.54) is 5.56 Å². The topological polar surface area (TPSA) is 68.3 Å². The van der Waals surface area contributed by atoms with Crippen molar-refractivity contribution in [2.24, 2.45) is 0 Å². The minimum atomic E-state index is -3.51. The lowest BCUT2D eigenvalue weighted by molar-refractivity contribution is 0.413. The van der Waals surface area contributed by atoms with Crippen LogP contribution in [-0.4, -0.2) is 27.1 Å². The fourth-order valence-electron chi connectivity index (χ4n) is 2.73. The van der Waals surface area contributed by atoms with E-state index in [1.54, 1.807) is 39.3 Å². The third-order valence-electron chi connectivity index (χ3n) is 3.85. The number of nitrogens with one attached hydrogen (secondary N) is 1. The second kappa shape index (κ2) is 8.26. The predicted molar refractivity (Wildman–Crippen MR) is 94.8 cm³/mol. The van der Waals surface area contributed by atoms with Gasteiger partial charge in [0.25, 0.3) is 0 Å². The zero-order valence-electron chi connectivity index (χ0n) is 14.4. The van der Waals surface area contributed by atoms with Crippen molar-refractivity contribution in [2.45, 2.75) is 38.0 Å². The van der Waals surface area contributed by atoms with Gasteiger partial charge in [0.15, 0.2) is 0 Å².